The third-order valence-electron chi connectivity index (χ3n) is 2.83. The molecule has 1 saturated carbocycles. The number of carboxylic acids is 1. The lowest BCUT2D eigenvalue weighted by Gasteiger charge is -2.21. The van der Waals surface area contributed by atoms with Crippen LogP contribution in [0.15, 0.2) is 0 Å². The SMILES string of the molecule is CCOCCC1(C(=O)O)CCCC1=O. The summed E-state index contributed by atoms with van der Waals surface area (Å²) in [6.45, 7) is 2.77. The largest absolute Gasteiger partial charge is 0.480 e. The number of Topliss-reactive ketones (excluding diaryl/α,β-unsaturated/α-hetero) is 1. The van der Waals surface area contributed by atoms with Crippen molar-refractivity contribution in [2.24, 2.45) is 5.41 Å². The van der Waals surface area contributed by atoms with Crippen molar-refractivity contribution in [2.75, 3.05) is 13.2 Å². The molecule has 0 aromatic carbocycles. The van der Waals surface area contributed by atoms with Gasteiger partial charge in [-0.15, -0.1) is 0 Å². The first-order valence-corrected chi connectivity index (χ1v) is 4.98. The minimum atomic E-state index is -1.14. The van der Waals surface area contributed by atoms with E-state index in [0.29, 0.717) is 38.9 Å². The molecular weight excluding hydrogens is 184 g/mol. The molecule has 0 amide bonds. The first kappa shape index (κ1) is 11.2. The lowest BCUT2D eigenvalue weighted by Crippen LogP contribution is -2.36. The highest BCUT2D eigenvalue weighted by Crippen LogP contribution is 2.38. The molecule has 1 atom stereocenters. The van der Waals surface area contributed by atoms with Crippen molar-refractivity contribution in [3.05, 3.63) is 0 Å². The summed E-state index contributed by atoms with van der Waals surface area (Å²) < 4.78 is 5.10. The Morgan fingerprint density at radius 1 is 1.64 bits per heavy atom. The maximum absolute atomic E-state index is 11.5. The van der Waals surface area contributed by atoms with Crippen LogP contribution in [0.25, 0.3) is 0 Å². The van der Waals surface area contributed by atoms with Crippen molar-refractivity contribution in [3.8, 4) is 0 Å². The number of ether oxygens (including phenoxy) is 1. The number of carbonyl (C=O) groups is 2. The first-order valence-electron chi connectivity index (χ1n) is 4.98. The molecule has 14 heavy (non-hydrogen) atoms. The summed E-state index contributed by atoms with van der Waals surface area (Å²) in [5, 5.41) is 9.06. The monoisotopic (exact) mass is 200 g/mol. The van der Waals surface area contributed by atoms with E-state index >= 15 is 0 Å². The molecule has 4 heteroatoms. The van der Waals surface area contributed by atoms with E-state index in [2.05, 4.69) is 0 Å². The predicted octanol–water partition coefficient (Wildman–Crippen LogP) is 1.24. The first-order chi connectivity index (χ1) is 6.63. The molecule has 0 heterocycles. The zero-order chi connectivity index (χ0) is 10.6. The summed E-state index contributed by atoms with van der Waals surface area (Å²) in [4.78, 5) is 22.5. The molecule has 1 fully saturated rings. The summed E-state index contributed by atoms with van der Waals surface area (Å²) in [5.74, 6) is -1.12. The lowest BCUT2D eigenvalue weighted by molar-refractivity contribution is -0.154. The second kappa shape index (κ2) is 4.55. The predicted molar refractivity (Wildman–Crippen MR) is 50.0 cm³/mol. The van der Waals surface area contributed by atoms with Crippen molar-refractivity contribution >= 4 is 11.8 Å². The number of rotatable bonds is 5. The van der Waals surface area contributed by atoms with Crippen LogP contribution in [0.4, 0.5) is 0 Å². The Balaban J connectivity index is 2.63. The van der Waals surface area contributed by atoms with Crippen molar-refractivity contribution in [1.29, 1.82) is 0 Å². The van der Waals surface area contributed by atoms with Gasteiger partial charge in [-0.25, -0.2) is 0 Å². The summed E-state index contributed by atoms with van der Waals surface area (Å²) in [5.41, 5.74) is -1.14. The highest BCUT2D eigenvalue weighted by molar-refractivity contribution is 6.04. The fraction of sp³-hybridized carbons (Fsp3) is 0.800. The van der Waals surface area contributed by atoms with Gasteiger partial charge in [0.15, 0.2) is 0 Å². The van der Waals surface area contributed by atoms with Crippen LogP contribution in [0.5, 0.6) is 0 Å². The molecule has 0 aliphatic heterocycles. The Morgan fingerprint density at radius 3 is 2.79 bits per heavy atom. The molecule has 0 aromatic rings. The van der Waals surface area contributed by atoms with E-state index in [-0.39, 0.29) is 5.78 Å². The van der Waals surface area contributed by atoms with Gasteiger partial charge in [0.2, 0.25) is 0 Å². The van der Waals surface area contributed by atoms with Gasteiger partial charge in [0.25, 0.3) is 0 Å². The van der Waals surface area contributed by atoms with Gasteiger partial charge in [-0.3, -0.25) is 9.59 Å². The zero-order valence-corrected chi connectivity index (χ0v) is 8.41. The van der Waals surface area contributed by atoms with Gasteiger partial charge in [-0.05, 0) is 26.2 Å². The van der Waals surface area contributed by atoms with Crippen LogP contribution in [0, 0.1) is 5.41 Å². The molecule has 0 aromatic heterocycles. The average molecular weight is 200 g/mol. The molecule has 1 N–H and O–H groups in total. The Labute approximate surface area is 83.2 Å². The van der Waals surface area contributed by atoms with Crippen LogP contribution < -0.4 is 0 Å². The number of aliphatic carboxylic acids is 1. The molecule has 4 nitrogen and oxygen atoms in total. The van der Waals surface area contributed by atoms with Crippen LogP contribution in [0.1, 0.15) is 32.6 Å². The number of carboxylic acid groups (broad SMARTS) is 1. The van der Waals surface area contributed by atoms with Crippen molar-refractivity contribution < 1.29 is 19.4 Å². The summed E-state index contributed by atoms with van der Waals surface area (Å²) >= 11 is 0. The van der Waals surface area contributed by atoms with Crippen LogP contribution in [0.2, 0.25) is 0 Å². The Morgan fingerprint density at radius 2 is 2.36 bits per heavy atom. The summed E-state index contributed by atoms with van der Waals surface area (Å²) in [7, 11) is 0. The molecule has 80 valence electrons. The number of hydrogen-bond donors (Lipinski definition) is 1. The minimum absolute atomic E-state index is 0.135. The van der Waals surface area contributed by atoms with Crippen LogP contribution >= 0.6 is 0 Å². The zero-order valence-electron chi connectivity index (χ0n) is 8.41. The quantitative estimate of drug-likeness (QED) is 0.535. The number of ketones is 1. The van der Waals surface area contributed by atoms with Gasteiger partial charge in [0.1, 0.15) is 11.2 Å². The van der Waals surface area contributed by atoms with Crippen molar-refractivity contribution in [3.63, 3.8) is 0 Å². The van der Waals surface area contributed by atoms with Gasteiger partial charge in [0, 0.05) is 19.6 Å². The molecular formula is C10H16O4. The maximum Gasteiger partial charge on any atom is 0.317 e. The van der Waals surface area contributed by atoms with E-state index in [1.807, 2.05) is 6.92 Å². The molecule has 0 bridgehead atoms. The molecule has 0 saturated heterocycles. The van der Waals surface area contributed by atoms with E-state index in [4.69, 9.17) is 9.84 Å². The fourth-order valence-electron chi connectivity index (χ4n) is 1.92. The molecule has 0 radical (unpaired) electrons. The number of carbonyl (C=O) groups excluding carboxylic acids is 1. The topological polar surface area (TPSA) is 63.6 Å². The van der Waals surface area contributed by atoms with Crippen LogP contribution in [0.3, 0.4) is 0 Å². The van der Waals surface area contributed by atoms with E-state index in [1.165, 1.54) is 0 Å². The number of hydrogen-bond acceptors (Lipinski definition) is 3. The minimum Gasteiger partial charge on any atom is -0.480 e. The molecule has 1 aliphatic carbocycles. The van der Waals surface area contributed by atoms with E-state index in [9.17, 15) is 9.59 Å². The maximum atomic E-state index is 11.5. The summed E-state index contributed by atoms with van der Waals surface area (Å²) in [6.07, 6.45) is 1.87. The molecule has 1 aliphatic rings. The van der Waals surface area contributed by atoms with E-state index in [0.717, 1.165) is 0 Å². The standard InChI is InChI=1S/C10H16O4/c1-2-14-7-6-10(9(12)13)5-3-4-8(10)11/h2-7H2,1H3,(H,12,13). The van der Waals surface area contributed by atoms with Gasteiger partial charge in [-0.2, -0.15) is 0 Å². The fourth-order valence-corrected chi connectivity index (χ4v) is 1.92. The second-order valence-electron chi connectivity index (χ2n) is 3.61. The Hall–Kier alpha value is -0.900. The molecule has 0 spiro atoms. The van der Waals surface area contributed by atoms with Crippen molar-refractivity contribution in [1.82, 2.24) is 0 Å². The lowest BCUT2D eigenvalue weighted by atomic mass is 9.82. The van der Waals surface area contributed by atoms with Gasteiger partial charge in [0.05, 0.1) is 0 Å². The molecule has 1 unspecified atom stereocenters. The van der Waals surface area contributed by atoms with Crippen molar-refractivity contribution in [2.45, 2.75) is 32.6 Å². The summed E-state index contributed by atoms with van der Waals surface area (Å²) in [6, 6.07) is 0. The highest BCUT2D eigenvalue weighted by atomic mass is 16.5. The Kier molecular flexibility index (Phi) is 3.63. The third kappa shape index (κ3) is 1.95. The second-order valence-corrected chi connectivity index (χ2v) is 3.61. The van der Waals surface area contributed by atoms with Crippen LogP contribution in [-0.4, -0.2) is 30.1 Å². The highest BCUT2D eigenvalue weighted by Gasteiger charge is 2.48. The van der Waals surface area contributed by atoms with Gasteiger partial charge in [-0.1, -0.05) is 0 Å². The van der Waals surface area contributed by atoms with Gasteiger partial charge < -0.3 is 9.84 Å². The molecule has 1 rings (SSSR count). The average Bonchev–Trinajstić information content (AvgIpc) is 2.49. The van der Waals surface area contributed by atoms with E-state index < -0.39 is 11.4 Å². The Bertz CT molecular complexity index is 236. The van der Waals surface area contributed by atoms with Crippen LogP contribution in [-0.2, 0) is 14.3 Å². The third-order valence-corrected chi connectivity index (χ3v) is 2.83. The van der Waals surface area contributed by atoms with E-state index in [1.54, 1.807) is 0 Å². The normalized spacial score (nSPS) is 26.8. The smallest absolute Gasteiger partial charge is 0.317 e. The van der Waals surface area contributed by atoms with Gasteiger partial charge >= 0.3 is 5.97 Å².